The third-order valence-electron chi connectivity index (χ3n) is 1.64. The SMILES string of the molecule is CC(C)C(C(C)C)S(=O)(=O)F. The van der Waals surface area contributed by atoms with Crippen LogP contribution in [0.1, 0.15) is 27.7 Å². The van der Waals surface area contributed by atoms with Crippen LogP contribution in [-0.4, -0.2) is 13.7 Å². The molecule has 0 saturated carbocycles. The lowest BCUT2D eigenvalue weighted by Gasteiger charge is -2.19. The average Bonchev–Trinajstić information content (AvgIpc) is 1.54. The highest BCUT2D eigenvalue weighted by Gasteiger charge is 2.30. The predicted molar refractivity (Wildman–Crippen MR) is 43.5 cm³/mol. The quantitative estimate of drug-likeness (QED) is 0.625. The first kappa shape index (κ1) is 10.9. The van der Waals surface area contributed by atoms with Crippen molar-refractivity contribution in [3.8, 4) is 0 Å². The summed E-state index contributed by atoms with van der Waals surface area (Å²) in [5.41, 5.74) is 0. The molecule has 4 heteroatoms. The lowest BCUT2D eigenvalue weighted by molar-refractivity contribution is 0.430. The molecule has 0 rings (SSSR count). The van der Waals surface area contributed by atoms with E-state index >= 15 is 0 Å². The normalized spacial score (nSPS) is 13.5. The lowest BCUT2D eigenvalue weighted by Crippen LogP contribution is -2.28. The second-order valence-electron chi connectivity index (χ2n) is 3.43. The van der Waals surface area contributed by atoms with E-state index in [1.165, 1.54) is 0 Å². The highest BCUT2D eigenvalue weighted by molar-refractivity contribution is 7.87. The van der Waals surface area contributed by atoms with E-state index in [2.05, 4.69) is 0 Å². The molecule has 0 radical (unpaired) electrons. The van der Waals surface area contributed by atoms with Gasteiger partial charge in [-0.05, 0) is 11.8 Å². The van der Waals surface area contributed by atoms with Crippen molar-refractivity contribution in [2.45, 2.75) is 32.9 Å². The van der Waals surface area contributed by atoms with Crippen molar-refractivity contribution in [3.05, 3.63) is 0 Å². The first-order chi connectivity index (χ1) is 4.76. The molecule has 0 aliphatic carbocycles. The average molecular weight is 182 g/mol. The molecule has 0 unspecified atom stereocenters. The largest absolute Gasteiger partial charge is 0.305 e. The molecule has 0 saturated heterocycles. The topological polar surface area (TPSA) is 34.1 Å². The minimum absolute atomic E-state index is 0.162. The van der Waals surface area contributed by atoms with Crippen molar-refractivity contribution >= 4 is 10.2 Å². The van der Waals surface area contributed by atoms with Crippen molar-refractivity contribution in [3.63, 3.8) is 0 Å². The Kier molecular flexibility index (Phi) is 3.48. The Labute approximate surface area is 68.0 Å². The first-order valence-corrected chi connectivity index (χ1v) is 5.15. The van der Waals surface area contributed by atoms with Gasteiger partial charge in [-0.3, -0.25) is 0 Å². The van der Waals surface area contributed by atoms with Gasteiger partial charge in [-0.2, -0.15) is 8.42 Å². The second kappa shape index (κ2) is 3.52. The van der Waals surface area contributed by atoms with Crippen LogP contribution < -0.4 is 0 Å². The summed E-state index contributed by atoms with van der Waals surface area (Å²) in [5.74, 6) is -0.324. The molecule has 0 aliphatic heterocycles. The summed E-state index contributed by atoms with van der Waals surface area (Å²) in [6.45, 7) is 6.84. The Bertz CT molecular complexity index is 198. The van der Waals surface area contributed by atoms with E-state index in [1.54, 1.807) is 27.7 Å². The van der Waals surface area contributed by atoms with E-state index in [9.17, 15) is 12.3 Å². The molecule has 0 fully saturated rings. The molecular weight excluding hydrogens is 167 g/mol. The first-order valence-electron chi connectivity index (χ1n) is 3.70. The van der Waals surface area contributed by atoms with Crippen LogP contribution in [0.15, 0.2) is 0 Å². The number of hydrogen-bond acceptors (Lipinski definition) is 2. The summed E-state index contributed by atoms with van der Waals surface area (Å²) in [6, 6.07) is 0. The molecule has 0 spiro atoms. The summed E-state index contributed by atoms with van der Waals surface area (Å²) in [7, 11) is -4.36. The highest BCUT2D eigenvalue weighted by Crippen LogP contribution is 2.21. The minimum Gasteiger partial charge on any atom is -0.195 e. The van der Waals surface area contributed by atoms with Crippen LogP contribution in [0.2, 0.25) is 0 Å². The van der Waals surface area contributed by atoms with Crippen LogP contribution in [0.4, 0.5) is 3.89 Å². The molecule has 11 heavy (non-hydrogen) atoms. The summed E-state index contributed by atoms with van der Waals surface area (Å²) in [5, 5.41) is -0.859. The number of hydrogen-bond donors (Lipinski definition) is 0. The maximum Gasteiger partial charge on any atom is 0.305 e. The van der Waals surface area contributed by atoms with Crippen LogP contribution in [0.3, 0.4) is 0 Å². The van der Waals surface area contributed by atoms with Crippen LogP contribution in [0.5, 0.6) is 0 Å². The highest BCUT2D eigenvalue weighted by atomic mass is 32.3. The molecule has 0 aromatic rings. The van der Waals surface area contributed by atoms with Gasteiger partial charge in [0, 0.05) is 0 Å². The Morgan fingerprint density at radius 3 is 1.27 bits per heavy atom. The van der Waals surface area contributed by atoms with Gasteiger partial charge < -0.3 is 0 Å². The predicted octanol–water partition coefficient (Wildman–Crippen LogP) is 1.97. The minimum atomic E-state index is -4.36. The number of rotatable bonds is 3. The zero-order valence-corrected chi connectivity index (χ0v) is 8.15. The molecule has 0 N–H and O–H groups in total. The summed E-state index contributed by atoms with van der Waals surface area (Å²) in [6.07, 6.45) is 0. The van der Waals surface area contributed by atoms with Gasteiger partial charge in [0.15, 0.2) is 0 Å². The molecule has 68 valence electrons. The Morgan fingerprint density at radius 2 is 1.27 bits per heavy atom. The fraction of sp³-hybridized carbons (Fsp3) is 1.00. The summed E-state index contributed by atoms with van der Waals surface area (Å²) < 4.78 is 33.6. The molecule has 0 aromatic carbocycles. The van der Waals surface area contributed by atoms with E-state index in [4.69, 9.17) is 0 Å². The van der Waals surface area contributed by atoms with Crippen LogP contribution in [0.25, 0.3) is 0 Å². The van der Waals surface area contributed by atoms with Crippen molar-refractivity contribution in [2.75, 3.05) is 0 Å². The van der Waals surface area contributed by atoms with Crippen molar-refractivity contribution in [2.24, 2.45) is 11.8 Å². The van der Waals surface area contributed by atoms with Crippen molar-refractivity contribution < 1.29 is 12.3 Å². The van der Waals surface area contributed by atoms with Crippen LogP contribution >= 0.6 is 0 Å². The Morgan fingerprint density at radius 1 is 1.00 bits per heavy atom. The van der Waals surface area contributed by atoms with E-state index in [1.807, 2.05) is 0 Å². The second-order valence-corrected chi connectivity index (χ2v) is 4.92. The van der Waals surface area contributed by atoms with Crippen LogP contribution in [-0.2, 0) is 10.2 Å². The number of halogens is 1. The maximum atomic E-state index is 12.5. The standard InChI is InChI=1S/C7H15FO2S/c1-5(2)7(6(3)4)11(8,9)10/h5-7H,1-4H3. The fourth-order valence-electron chi connectivity index (χ4n) is 1.42. The molecular formula is C7H15FO2S. The van der Waals surface area contributed by atoms with Gasteiger partial charge in [0.05, 0.1) is 5.25 Å². The zero-order valence-electron chi connectivity index (χ0n) is 7.33. The molecule has 0 aromatic heterocycles. The third-order valence-corrected chi connectivity index (χ3v) is 3.38. The molecule has 0 atom stereocenters. The molecule has 2 nitrogen and oxygen atoms in total. The van der Waals surface area contributed by atoms with E-state index < -0.39 is 15.5 Å². The third kappa shape index (κ3) is 3.18. The fourth-order valence-corrected chi connectivity index (χ4v) is 2.72. The van der Waals surface area contributed by atoms with Crippen LogP contribution in [0, 0.1) is 11.8 Å². The van der Waals surface area contributed by atoms with Crippen molar-refractivity contribution in [1.29, 1.82) is 0 Å². The smallest absolute Gasteiger partial charge is 0.195 e. The van der Waals surface area contributed by atoms with Gasteiger partial charge in [-0.1, -0.05) is 27.7 Å². The van der Waals surface area contributed by atoms with E-state index in [-0.39, 0.29) is 11.8 Å². The molecule has 0 bridgehead atoms. The Hall–Kier alpha value is -0.120. The van der Waals surface area contributed by atoms with E-state index in [0.717, 1.165) is 0 Å². The maximum absolute atomic E-state index is 12.5. The molecule has 0 aliphatic rings. The van der Waals surface area contributed by atoms with Gasteiger partial charge in [0.2, 0.25) is 0 Å². The monoisotopic (exact) mass is 182 g/mol. The van der Waals surface area contributed by atoms with Gasteiger partial charge >= 0.3 is 10.2 Å². The van der Waals surface area contributed by atoms with E-state index in [0.29, 0.717) is 0 Å². The van der Waals surface area contributed by atoms with Crippen molar-refractivity contribution in [1.82, 2.24) is 0 Å². The molecule has 0 amide bonds. The zero-order chi connectivity index (χ0) is 9.23. The lowest BCUT2D eigenvalue weighted by atomic mass is 10.0. The van der Waals surface area contributed by atoms with Gasteiger partial charge in [-0.15, -0.1) is 3.89 Å². The van der Waals surface area contributed by atoms with Gasteiger partial charge in [-0.25, -0.2) is 0 Å². The summed E-state index contributed by atoms with van der Waals surface area (Å²) >= 11 is 0. The molecule has 0 heterocycles. The summed E-state index contributed by atoms with van der Waals surface area (Å²) in [4.78, 5) is 0. The van der Waals surface area contributed by atoms with Gasteiger partial charge in [0.1, 0.15) is 0 Å². The Balaban J connectivity index is 4.64. The van der Waals surface area contributed by atoms with Gasteiger partial charge in [0.25, 0.3) is 0 Å².